The number of imide groups is 1. The van der Waals surface area contributed by atoms with Crippen molar-refractivity contribution in [3.63, 3.8) is 0 Å². The Labute approximate surface area is 143 Å². The molecular formula is C20H24N2O2. The highest BCUT2D eigenvalue weighted by molar-refractivity contribution is 6.09. The van der Waals surface area contributed by atoms with E-state index < -0.39 is 6.03 Å². The monoisotopic (exact) mass is 324 g/mol. The van der Waals surface area contributed by atoms with Crippen molar-refractivity contribution in [3.8, 4) is 0 Å². The molecule has 0 unspecified atom stereocenters. The van der Waals surface area contributed by atoms with Crippen molar-refractivity contribution >= 4 is 17.6 Å². The third-order valence-corrected chi connectivity index (χ3v) is 4.66. The van der Waals surface area contributed by atoms with Crippen molar-refractivity contribution in [2.75, 3.05) is 5.32 Å². The molecule has 0 bridgehead atoms. The van der Waals surface area contributed by atoms with Gasteiger partial charge in [0, 0.05) is 11.3 Å². The predicted molar refractivity (Wildman–Crippen MR) is 97.8 cm³/mol. The first kappa shape index (κ1) is 17.7. The Morgan fingerprint density at radius 2 is 1.38 bits per heavy atom. The van der Waals surface area contributed by atoms with Gasteiger partial charge in [-0.25, -0.2) is 4.79 Å². The van der Waals surface area contributed by atoms with Gasteiger partial charge in [0.15, 0.2) is 0 Å². The maximum atomic E-state index is 12.4. The van der Waals surface area contributed by atoms with Gasteiger partial charge in [-0.1, -0.05) is 18.2 Å². The molecule has 2 N–H and O–H groups in total. The number of aryl methyl sites for hydroxylation is 3. The first-order chi connectivity index (χ1) is 11.2. The second kappa shape index (κ2) is 6.87. The molecule has 0 aliphatic rings. The van der Waals surface area contributed by atoms with Crippen molar-refractivity contribution in [1.82, 2.24) is 5.32 Å². The fourth-order valence-electron chi connectivity index (χ4n) is 2.83. The maximum Gasteiger partial charge on any atom is 0.326 e. The summed E-state index contributed by atoms with van der Waals surface area (Å²) >= 11 is 0. The van der Waals surface area contributed by atoms with Crippen LogP contribution in [0, 0.1) is 41.5 Å². The standard InChI is InChI=1S/C20H24N2O2/c1-11-8-7-9-12(2)18(11)19(23)22-20(24)21-17-10-13(3)14(4)15(5)16(17)6/h7-10H,1-6H3,(H2,21,22,23,24). The van der Waals surface area contributed by atoms with Crippen LogP contribution >= 0.6 is 0 Å². The molecule has 0 radical (unpaired) electrons. The van der Waals surface area contributed by atoms with E-state index in [4.69, 9.17) is 0 Å². The largest absolute Gasteiger partial charge is 0.326 e. The lowest BCUT2D eigenvalue weighted by Gasteiger charge is -2.16. The van der Waals surface area contributed by atoms with Crippen LogP contribution in [-0.2, 0) is 0 Å². The number of benzene rings is 2. The van der Waals surface area contributed by atoms with Gasteiger partial charge < -0.3 is 5.32 Å². The van der Waals surface area contributed by atoms with Gasteiger partial charge in [-0.3, -0.25) is 10.1 Å². The van der Waals surface area contributed by atoms with Crippen molar-refractivity contribution in [3.05, 3.63) is 63.2 Å². The SMILES string of the molecule is Cc1cc(NC(=O)NC(=O)c2c(C)cccc2C)c(C)c(C)c1C. The van der Waals surface area contributed by atoms with Crippen LogP contribution in [0.5, 0.6) is 0 Å². The number of nitrogens with one attached hydrogen (secondary N) is 2. The van der Waals surface area contributed by atoms with Crippen LogP contribution < -0.4 is 10.6 Å². The average molecular weight is 324 g/mol. The molecule has 0 atom stereocenters. The van der Waals surface area contributed by atoms with Crippen LogP contribution in [0.2, 0.25) is 0 Å². The van der Waals surface area contributed by atoms with Gasteiger partial charge >= 0.3 is 6.03 Å². The first-order valence-corrected chi connectivity index (χ1v) is 7.98. The Hall–Kier alpha value is -2.62. The molecular weight excluding hydrogens is 300 g/mol. The molecule has 2 rings (SSSR count). The van der Waals surface area contributed by atoms with Crippen LogP contribution in [0.1, 0.15) is 43.7 Å². The van der Waals surface area contributed by atoms with E-state index in [9.17, 15) is 9.59 Å². The fourth-order valence-corrected chi connectivity index (χ4v) is 2.83. The molecule has 0 saturated carbocycles. The van der Waals surface area contributed by atoms with Gasteiger partial charge in [0.1, 0.15) is 0 Å². The van der Waals surface area contributed by atoms with E-state index in [-0.39, 0.29) is 5.91 Å². The minimum absolute atomic E-state index is 0.388. The summed E-state index contributed by atoms with van der Waals surface area (Å²) in [6.07, 6.45) is 0. The van der Waals surface area contributed by atoms with Crippen LogP contribution in [0.15, 0.2) is 24.3 Å². The lowest BCUT2D eigenvalue weighted by molar-refractivity contribution is 0.0966. The minimum atomic E-state index is -0.520. The van der Waals surface area contributed by atoms with Gasteiger partial charge in [0.2, 0.25) is 0 Å². The molecule has 0 aromatic heterocycles. The van der Waals surface area contributed by atoms with E-state index in [1.54, 1.807) is 0 Å². The average Bonchev–Trinajstić information content (AvgIpc) is 2.50. The highest BCUT2D eigenvalue weighted by Gasteiger charge is 2.16. The number of carbonyl (C=O) groups is 2. The summed E-state index contributed by atoms with van der Waals surface area (Å²) in [6, 6.07) is 7.02. The Kier molecular flexibility index (Phi) is 5.07. The molecule has 0 heterocycles. The van der Waals surface area contributed by atoms with E-state index in [0.717, 1.165) is 33.5 Å². The van der Waals surface area contributed by atoms with Crippen LogP contribution in [0.4, 0.5) is 10.5 Å². The van der Waals surface area contributed by atoms with Crippen molar-refractivity contribution < 1.29 is 9.59 Å². The number of urea groups is 1. The zero-order chi connectivity index (χ0) is 18.0. The molecule has 0 aliphatic carbocycles. The summed E-state index contributed by atoms with van der Waals surface area (Å²) < 4.78 is 0. The molecule has 24 heavy (non-hydrogen) atoms. The van der Waals surface area contributed by atoms with Crippen molar-refractivity contribution in [2.24, 2.45) is 0 Å². The topological polar surface area (TPSA) is 58.2 Å². The maximum absolute atomic E-state index is 12.4. The normalized spacial score (nSPS) is 10.4. The fraction of sp³-hybridized carbons (Fsp3) is 0.300. The second-order valence-corrected chi connectivity index (χ2v) is 6.29. The van der Waals surface area contributed by atoms with E-state index in [2.05, 4.69) is 17.6 Å². The Bertz CT molecular complexity index is 803. The highest BCUT2D eigenvalue weighted by atomic mass is 16.2. The summed E-state index contributed by atoms with van der Waals surface area (Å²) in [5.41, 5.74) is 7.43. The number of rotatable bonds is 2. The van der Waals surface area contributed by atoms with Gasteiger partial charge in [0.05, 0.1) is 0 Å². The molecule has 4 heteroatoms. The lowest BCUT2D eigenvalue weighted by Crippen LogP contribution is -2.35. The highest BCUT2D eigenvalue weighted by Crippen LogP contribution is 2.25. The first-order valence-electron chi connectivity index (χ1n) is 7.98. The third-order valence-electron chi connectivity index (χ3n) is 4.66. The summed E-state index contributed by atoms with van der Waals surface area (Å²) in [7, 11) is 0. The Morgan fingerprint density at radius 3 is 1.96 bits per heavy atom. The quantitative estimate of drug-likeness (QED) is 0.854. The van der Waals surface area contributed by atoms with E-state index in [1.165, 1.54) is 5.56 Å². The molecule has 4 nitrogen and oxygen atoms in total. The number of amides is 3. The van der Waals surface area contributed by atoms with Crippen LogP contribution in [-0.4, -0.2) is 11.9 Å². The zero-order valence-corrected chi connectivity index (χ0v) is 15.1. The van der Waals surface area contributed by atoms with E-state index in [1.807, 2.05) is 58.9 Å². The van der Waals surface area contributed by atoms with Crippen LogP contribution in [0.3, 0.4) is 0 Å². The second-order valence-electron chi connectivity index (χ2n) is 6.29. The van der Waals surface area contributed by atoms with Gasteiger partial charge in [-0.15, -0.1) is 0 Å². The Morgan fingerprint density at radius 1 is 0.792 bits per heavy atom. The van der Waals surface area contributed by atoms with Gasteiger partial charge in [0.25, 0.3) is 5.91 Å². The lowest BCUT2D eigenvalue weighted by atomic mass is 9.98. The summed E-state index contributed by atoms with van der Waals surface area (Å²) in [5, 5.41) is 5.21. The summed E-state index contributed by atoms with van der Waals surface area (Å²) in [5.74, 6) is -0.388. The smallest absolute Gasteiger partial charge is 0.307 e. The van der Waals surface area contributed by atoms with Gasteiger partial charge in [-0.2, -0.15) is 0 Å². The molecule has 2 aromatic rings. The zero-order valence-electron chi connectivity index (χ0n) is 15.1. The van der Waals surface area contributed by atoms with E-state index in [0.29, 0.717) is 5.56 Å². The number of anilines is 1. The predicted octanol–water partition coefficient (Wildman–Crippen LogP) is 4.50. The summed E-state index contributed by atoms with van der Waals surface area (Å²) in [6.45, 7) is 11.8. The molecule has 0 saturated heterocycles. The third kappa shape index (κ3) is 3.48. The van der Waals surface area contributed by atoms with E-state index >= 15 is 0 Å². The molecule has 0 fully saturated rings. The van der Waals surface area contributed by atoms with Crippen molar-refractivity contribution in [1.29, 1.82) is 0 Å². The number of hydrogen-bond donors (Lipinski definition) is 2. The minimum Gasteiger partial charge on any atom is -0.307 e. The molecule has 0 spiro atoms. The molecule has 2 aromatic carbocycles. The molecule has 126 valence electrons. The number of hydrogen-bond acceptors (Lipinski definition) is 2. The molecule has 0 aliphatic heterocycles. The van der Waals surface area contributed by atoms with Crippen LogP contribution in [0.25, 0.3) is 0 Å². The van der Waals surface area contributed by atoms with Crippen molar-refractivity contribution in [2.45, 2.75) is 41.5 Å². The summed E-state index contributed by atoms with van der Waals surface area (Å²) in [4.78, 5) is 24.6. The number of carbonyl (C=O) groups excluding carboxylic acids is 2. The Balaban J connectivity index is 2.19. The molecule has 3 amide bonds. The van der Waals surface area contributed by atoms with Gasteiger partial charge in [-0.05, 0) is 81.0 Å².